The predicted octanol–water partition coefficient (Wildman–Crippen LogP) is 2.66. The number of aromatic carboxylic acids is 1. The van der Waals surface area contributed by atoms with Crippen LogP contribution < -0.4 is 5.90 Å². The molecule has 0 radical (unpaired) electrons. The Hall–Kier alpha value is -2.11. The van der Waals surface area contributed by atoms with Gasteiger partial charge in [-0.1, -0.05) is 24.3 Å². The van der Waals surface area contributed by atoms with Crippen molar-refractivity contribution >= 4 is 5.97 Å². The highest BCUT2D eigenvalue weighted by atomic mass is 16.6. The number of fused-ring (bicyclic) bond motifs is 1. The maximum absolute atomic E-state index is 11.9. The van der Waals surface area contributed by atoms with E-state index >= 15 is 0 Å². The van der Waals surface area contributed by atoms with Crippen LogP contribution in [0.5, 0.6) is 0 Å². The Morgan fingerprint density at radius 1 is 1.32 bits per heavy atom. The van der Waals surface area contributed by atoms with Gasteiger partial charge < -0.3 is 9.67 Å². The quantitative estimate of drug-likeness (QED) is 0.851. The Morgan fingerprint density at radius 2 is 2.05 bits per heavy atom. The first-order valence-corrected chi connectivity index (χ1v) is 7.48. The van der Waals surface area contributed by atoms with Crippen molar-refractivity contribution in [2.75, 3.05) is 0 Å². The van der Waals surface area contributed by atoms with Crippen molar-refractivity contribution in [3.63, 3.8) is 0 Å². The van der Waals surface area contributed by atoms with E-state index < -0.39 is 5.97 Å². The van der Waals surface area contributed by atoms with Crippen molar-refractivity contribution in [2.45, 2.75) is 32.3 Å². The van der Waals surface area contributed by atoms with Gasteiger partial charge in [-0.2, -0.15) is 0 Å². The number of hydrogen-bond donors (Lipinski definition) is 2. The lowest BCUT2D eigenvalue weighted by Gasteiger charge is -2.14. The van der Waals surface area contributed by atoms with Gasteiger partial charge in [-0.15, -0.1) is 0 Å². The lowest BCUT2D eigenvalue weighted by Crippen LogP contribution is -2.07. The Kier molecular flexibility index (Phi) is 4.00. The van der Waals surface area contributed by atoms with Crippen LogP contribution in [-0.2, 0) is 31.3 Å². The molecule has 1 heterocycles. The molecule has 0 bridgehead atoms. The average Bonchev–Trinajstić information content (AvgIpc) is 2.82. The molecule has 0 unspecified atom stereocenters. The van der Waals surface area contributed by atoms with Gasteiger partial charge in [-0.3, -0.25) is 4.84 Å². The molecule has 0 aliphatic heterocycles. The largest absolute Gasteiger partial charge is 0.478 e. The molecule has 1 aromatic carbocycles. The standard InChI is InChI=1S/C17H20N2O3/c1-19-14-9-5-4-8-13(14)15(17(20)21)16(19)12-7-3-2-6-11(12)10-22-18/h2-3,6-7H,4-5,8-10,18H2,1H3,(H,20,21). The van der Waals surface area contributed by atoms with Gasteiger partial charge in [0.2, 0.25) is 0 Å². The van der Waals surface area contributed by atoms with E-state index in [4.69, 9.17) is 10.7 Å². The smallest absolute Gasteiger partial charge is 0.338 e. The van der Waals surface area contributed by atoms with Crippen LogP contribution in [0.1, 0.15) is 40.0 Å². The van der Waals surface area contributed by atoms with Crippen molar-refractivity contribution in [2.24, 2.45) is 12.9 Å². The van der Waals surface area contributed by atoms with Crippen molar-refractivity contribution in [3.8, 4) is 11.3 Å². The monoisotopic (exact) mass is 300 g/mol. The minimum absolute atomic E-state index is 0.255. The Morgan fingerprint density at radius 3 is 2.77 bits per heavy atom. The molecule has 0 fully saturated rings. The molecule has 3 N–H and O–H groups in total. The third-order valence-electron chi connectivity index (χ3n) is 4.44. The summed E-state index contributed by atoms with van der Waals surface area (Å²) in [5.41, 5.74) is 5.09. The SMILES string of the molecule is Cn1c2c(c(C(=O)O)c1-c1ccccc1CON)CCCC2. The third kappa shape index (κ3) is 2.32. The molecule has 5 nitrogen and oxygen atoms in total. The molecular formula is C17H20N2O3. The van der Waals surface area contributed by atoms with Crippen LogP contribution >= 0.6 is 0 Å². The van der Waals surface area contributed by atoms with Crippen LogP contribution in [-0.4, -0.2) is 15.6 Å². The molecule has 2 aromatic rings. The van der Waals surface area contributed by atoms with Gasteiger partial charge in [0.25, 0.3) is 0 Å². The summed E-state index contributed by atoms with van der Waals surface area (Å²) in [5, 5.41) is 9.75. The van der Waals surface area contributed by atoms with Gasteiger partial charge in [-0.25, -0.2) is 10.7 Å². The maximum atomic E-state index is 11.9. The second-order valence-electron chi connectivity index (χ2n) is 5.69. The van der Waals surface area contributed by atoms with Gasteiger partial charge in [0.05, 0.1) is 17.9 Å². The molecule has 0 amide bonds. The zero-order chi connectivity index (χ0) is 15.7. The van der Waals surface area contributed by atoms with Crippen LogP contribution in [0.2, 0.25) is 0 Å². The van der Waals surface area contributed by atoms with Crippen molar-refractivity contribution in [1.82, 2.24) is 4.57 Å². The Balaban J connectivity index is 2.27. The maximum Gasteiger partial charge on any atom is 0.338 e. The fourth-order valence-electron chi connectivity index (χ4n) is 3.49. The molecule has 1 aliphatic carbocycles. The summed E-state index contributed by atoms with van der Waals surface area (Å²) < 4.78 is 2.04. The number of aromatic nitrogens is 1. The second-order valence-corrected chi connectivity index (χ2v) is 5.69. The van der Waals surface area contributed by atoms with Crippen LogP contribution in [0.25, 0.3) is 11.3 Å². The lowest BCUT2D eigenvalue weighted by atomic mass is 9.93. The van der Waals surface area contributed by atoms with E-state index in [0.717, 1.165) is 53.8 Å². The first-order chi connectivity index (χ1) is 10.6. The molecule has 3 rings (SSSR count). The normalized spacial score (nSPS) is 13.9. The van der Waals surface area contributed by atoms with Gasteiger partial charge in [-0.05, 0) is 36.8 Å². The van der Waals surface area contributed by atoms with E-state index in [2.05, 4.69) is 0 Å². The number of carboxylic acids is 1. The number of benzene rings is 1. The molecule has 1 aromatic heterocycles. The topological polar surface area (TPSA) is 77.5 Å². The molecular weight excluding hydrogens is 280 g/mol. The summed E-state index contributed by atoms with van der Waals surface area (Å²) in [4.78, 5) is 16.7. The zero-order valence-electron chi connectivity index (χ0n) is 12.6. The summed E-state index contributed by atoms with van der Waals surface area (Å²) in [5.74, 6) is 4.35. The fourth-order valence-corrected chi connectivity index (χ4v) is 3.49. The van der Waals surface area contributed by atoms with Crippen LogP contribution in [0, 0.1) is 0 Å². The number of carbonyl (C=O) groups is 1. The summed E-state index contributed by atoms with van der Waals surface area (Å²) in [6.45, 7) is 0.255. The summed E-state index contributed by atoms with van der Waals surface area (Å²) >= 11 is 0. The van der Waals surface area contributed by atoms with E-state index in [9.17, 15) is 9.90 Å². The second kappa shape index (κ2) is 5.94. The molecule has 5 heteroatoms. The minimum Gasteiger partial charge on any atom is -0.478 e. The first kappa shape index (κ1) is 14.8. The predicted molar refractivity (Wildman–Crippen MR) is 83.4 cm³/mol. The highest BCUT2D eigenvalue weighted by Gasteiger charge is 2.28. The van der Waals surface area contributed by atoms with Crippen LogP contribution in [0.15, 0.2) is 24.3 Å². The van der Waals surface area contributed by atoms with Crippen LogP contribution in [0.3, 0.4) is 0 Å². The van der Waals surface area contributed by atoms with Gasteiger partial charge in [0.15, 0.2) is 0 Å². The molecule has 0 saturated heterocycles. The average molecular weight is 300 g/mol. The van der Waals surface area contributed by atoms with E-state index in [1.54, 1.807) is 0 Å². The fraction of sp³-hybridized carbons (Fsp3) is 0.353. The van der Waals surface area contributed by atoms with E-state index in [1.165, 1.54) is 0 Å². The number of hydrogen-bond acceptors (Lipinski definition) is 3. The Bertz CT molecular complexity index is 719. The van der Waals surface area contributed by atoms with Crippen LogP contribution in [0.4, 0.5) is 0 Å². The molecule has 1 aliphatic rings. The Labute approximate surface area is 129 Å². The molecule has 0 spiro atoms. The van der Waals surface area contributed by atoms with Gasteiger partial charge in [0.1, 0.15) is 0 Å². The van der Waals surface area contributed by atoms with E-state index in [0.29, 0.717) is 5.56 Å². The summed E-state index contributed by atoms with van der Waals surface area (Å²) in [6.07, 6.45) is 3.92. The zero-order valence-corrected chi connectivity index (χ0v) is 12.6. The lowest BCUT2D eigenvalue weighted by molar-refractivity contribution is 0.0696. The minimum atomic E-state index is -0.864. The van der Waals surface area contributed by atoms with Gasteiger partial charge in [0, 0.05) is 18.3 Å². The molecule has 116 valence electrons. The summed E-state index contributed by atoms with van der Waals surface area (Å²) in [7, 11) is 1.95. The summed E-state index contributed by atoms with van der Waals surface area (Å²) in [6, 6.07) is 7.66. The van der Waals surface area contributed by atoms with Crippen molar-refractivity contribution in [3.05, 3.63) is 46.6 Å². The number of nitrogens with zero attached hydrogens (tertiary/aromatic N) is 1. The first-order valence-electron chi connectivity index (χ1n) is 7.48. The number of carboxylic acid groups (broad SMARTS) is 1. The van der Waals surface area contributed by atoms with E-state index in [-0.39, 0.29) is 6.61 Å². The van der Waals surface area contributed by atoms with Crippen molar-refractivity contribution < 1.29 is 14.7 Å². The molecule has 0 atom stereocenters. The number of rotatable bonds is 4. The highest BCUT2D eigenvalue weighted by Crippen LogP contribution is 2.36. The van der Waals surface area contributed by atoms with Crippen molar-refractivity contribution in [1.29, 1.82) is 0 Å². The highest BCUT2D eigenvalue weighted by molar-refractivity contribution is 5.98. The van der Waals surface area contributed by atoms with Gasteiger partial charge >= 0.3 is 5.97 Å². The molecule has 0 saturated carbocycles. The molecule has 22 heavy (non-hydrogen) atoms. The van der Waals surface area contributed by atoms with E-state index in [1.807, 2.05) is 35.9 Å². The number of nitrogens with two attached hydrogens (primary N) is 1. The third-order valence-corrected chi connectivity index (χ3v) is 4.44.